The number of rotatable bonds is 2. The van der Waals surface area contributed by atoms with Crippen LogP contribution in [0.15, 0.2) is 18.2 Å². The molecule has 72 valence electrons. The van der Waals surface area contributed by atoms with Gasteiger partial charge in [-0.3, -0.25) is 0 Å². The Kier molecular flexibility index (Phi) is 2.57. The van der Waals surface area contributed by atoms with Gasteiger partial charge in [-0.25, -0.2) is 4.39 Å². The van der Waals surface area contributed by atoms with E-state index in [4.69, 9.17) is 10.8 Å². The summed E-state index contributed by atoms with van der Waals surface area (Å²) < 4.78 is 13.3. The minimum absolute atomic E-state index is 0.0894. The number of aliphatic hydroxyl groups excluding tert-OH is 1. The van der Waals surface area contributed by atoms with E-state index < -0.39 is 5.41 Å². The van der Waals surface area contributed by atoms with Crippen LogP contribution >= 0.6 is 0 Å². The maximum Gasteiger partial charge on any atom is 0.129 e. The molecule has 2 nitrogen and oxygen atoms in total. The summed E-state index contributed by atoms with van der Waals surface area (Å²) in [6.45, 7) is 3.47. The first-order chi connectivity index (χ1) is 5.97. The van der Waals surface area contributed by atoms with Crippen molar-refractivity contribution in [1.82, 2.24) is 0 Å². The topological polar surface area (TPSA) is 46.2 Å². The first kappa shape index (κ1) is 9.99. The van der Waals surface area contributed by atoms with Gasteiger partial charge in [0, 0.05) is 11.1 Å². The fourth-order valence-corrected chi connectivity index (χ4v) is 1.17. The van der Waals surface area contributed by atoms with Crippen molar-refractivity contribution < 1.29 is 9.50 Å². The molecule has 13 heavy (non-hydrogen) atoms. The number of nitrogen functional groups attached to an aromatic ring is 1. The van der Waals surface area contributed by atoms with Crippen LogP contribution in [0.5, 0.6) is 0 Å². The molecule has 0 amide bonds. The molecule has 1 aromatic rings. The molecule has 0 aliphatic carbocycles. The highest BCUT2D eigenvalue weighted by Crippen LogP contribution is 2.26. The van der Waals surface area contributed by atoms with E-state index in [1.807, 2.05) is 0 Å². The average molecular weight is 183 g/mol. The quantitative estimate of drug-likeness (QED) is 0.685. The zero-order chi connectivity index (χ0) is 10.1. The molecule has 1 aromatic carbocycles. The van der Waals surface area contributed by atoms with Crippen LogP contribution in [0.25, 0.3) is 0 Å². The molecule has 0 spiro atoms. The van der Waals surface area contributed by atoms with Crippen molar-refractivity contribution in [2.45, 2.75) is 19.3 Å². The Morgan fingerprint density at radius 2 is 2.08 bits per heavy atom. The summed E-state index contributed by atoms with van der Waals surface area (Å²) >= 11 is 0. The smallest absolute Gasteiger partial charge is 0.129 e. The molecule has 0 bridgehead atoms. The molecule has 0 aromatic heterocycles. The molecule has 0 fully saturated rings. The van der Waals surface area contributed by atoms with Gasteiger partial charge in [0.1, 0.15) is 5.82 Å². The number of nitrogens with two attached hydrogens (primary N) is 1. The molecule has 3 N–H and O–H groups in total. The Bertz CT molecular complexity index is 310. The van der Waals surface area contributed by atoms with Crippen LogP contribution < -0.4 is 5.73 Å². The Hall–Kier alpha value is -1.09. The van der Waals surface area contributed by atoms with E-state index in [0.29, 0.717) is 11.3 Å². The molecule has 0 heterocycles. The maximum absolute atomic E-state index is 13.3. The normalized spacial score (nSPS) is 11.7. The number of anilines is 1. The van der Waals surface area contributed by atoms with Crippen LogP contribution in [0.1, 0.15) is 19.4 Å². The van der Waals surface area contributed by atoms with Gasteiger partial charge in [-0.05, 0) is 17.7 Å². The van der Waals surface area contributed by atoms with Crippen LogP contribution in [0.3, 0.4) is 0 Å². The van der Waals surface area contributed by atoms with Crippen molar-refractivity contribution in [3.8, 4) is 0 Å². The molecule has 0 saturated carbocycles. The Morgan fingerprint density at radius 3 is 2.54 bits per heavy atom. The molecule has 1 rings (SSSR count). The summed E-state index contributed by atoms with van der Waals surface area (Å²) in [4.78, 5) is 0. The van der Waals surface area contributed by atoms with E-state index in [-0.39, 0.29) is 12.4 Å². The van der Waals surface area contributed by atoms with Gasteiger partial charge in [-0.1, -0.05) is 19.9 Å². The second-order valence-corrected chi connectivity index (χ2v) is 3.78. The van der Waals surface area contributed by atoms with Gasteiger partial charge in [-0.15, -0.1) is 0 Å². The third-order valence-electron chi connectivity index (χ3n) is 2.12. The van der Waals surface area contributed by atoms with E-state index >= 15 is 0 Å². The fraction of sp³-hybridized carbons (Fsp3) is 0.400. The van der Waals surface area contributed by atoms with Crippen molar-refractivity contribution in [2.24, 2.45) is 0 Å². The highest BCUT2D eigenvalue weighted by Gasteiger charge is 2.22. The molecule has 3 heteroatoms. The highest BCUT2D eigenvalue weighted by atomic mass is 19.1. The van der Waals surface area contributed by atoms with Crippen molar-refractivity contribution >= 4 is 5.69 Å². The standard InChI is InChI=1S/C10H14FNO/c1-10(2,6-13)8-4-3-7(12)5-9(8)11/h3-5,13H,6,12H2,1-2H3. The van der Waals surface area contributed by atoms with Crippen molar-refractivity contribution in [3.05, 3.63) is 29.6 Å². The summed E-state index contributed by atoms with van der Waals surface area (Å²) in [5, 5.41) is 9.04. The first-order valence-corrected chi connectivity index (χ1v) is 4.14. The van der Waals surface area contributed by atoms with Crippen molar-refractivity contribution in [1.29, 1.82) is 0 Å². The van der Waals surface area contributed by atoms with Gasteiger partial charge in [0.2, 0.25) is 0 Å². The number of hydrogen-bond acceptors (Lipinski definition) is 2. The lowest BCUT2D eigenvalue weighted by Gasteiger charge is -2.22. The van der Waals surface area contributed by atoms with Crippen LogP contribution in [0.4, 0.5) is 10.1 Å². The number of aliphatic hydroxyl groups is 1. The van der Waals surface area contributed by atoms with Crippen LogP contribution in [-0.4, -0.2) is 11.7 Å². The van der Waals surface area contributed by atoms with Gasteiger partial charge in [0.15, 0.2) is 0 Å². The third kappa shape index (κ3) is 1.98. The molecular weight excluding hydrogens is 169 g/mol. The minimum Gasteiger partial charge on any atom is -0.399 e. The van der Waals surface area contributed by atoms with Gasteiger partial charge in [-0.2, -0.15) is 0 Å². The van der Waals surface area contributed by atoms with Crippen LogP contribution in [0.2, 0.25) is 0 Å². The number of benzene rings is 1. The minimum atomic E-state index is -0.558. The van der Waals surface area contributed by atoms with Crippen LogP contribution in [0, 0.1) is 5.82 Å². The summed E-state index contributed by atoms with van der Waals surface area (Å²) in [7, 11) is 0. The van der Waals surface area contributed by atoms with Gasteiger partial charge in [0.05, 0.1) is 6.61 Å². The molecule has 0 unspecified atom stereocenters. The number of halogens is 1. The summed E-state index contributed by atoms with van der Waals surface area (Å²) in [6, 6.07) is 4.52. The van der Waals surface area contributed by atoms with E-state index in [2.05, 4.69) is 0 Å². The second-order valence-electron chi connectivity index (χ2n) is 3.78. The zero-order valence-corrected chi connectivity index (χ0v) is 7.84. The largest absolute Gasteiger partial charge is 0.399 e. The Labute approximate surface area is 77.2 Å². The van der Waals surface area contributed by atoms with E-state index in [0.717, 1.165) is 0 Å². The summed E-state index contributed by atoms with van der Waals surface area (Å²) in [5.74, 6) is -0.362. The molecular formula is C10H14FNO. The van der Waals surface area contributed by atoms with Crippen LogP contribution in [-0.2, 0) is 5.41 Å². The Balaban J connectivity index is 3.16. The van der Waals surface area contributed by atoms with Crippen molar-refractivity contribution in [2.75, 3.05) is 12.3 Å². The van der Waals surface area contributed by atoms with Gasteiger partial charge in [0.25, 0.3) is 0 Å². The van der Waals surface area contributed by atoms with Gasteiger partial charge < -0.3 is 10.8 Å². The third-order valence-corrected chi connectivity index (χ3v) is 2.12. The monoisotopic (exact) mass is 183 g/mol. The molecule has 0 aliphatic heterocycles. The predicted octanol–water partition coefficient (Wildman–Crippen LogP) is 1.68. The van der Waals surface area contributed by atoms with E-state index in [1.54, 1.807) is 26.0 Å². The van der Waals surface area contributed by atoms with E-state index in [9.17, 15) is 4.39 Å². The first-order valence-electron chi connectivity index (χ1n) is 4.14. The predicted molar refractivity (Wildman–Crippen MR) is 50.9 cm³/mol. The summed E-state index contributed by atoms with van der Waals surface area (Å²) in [6.07, 6.45) is 0. The fourth-order valence-electron chi connectivity index (χ4n) is 1.17. The zero-order valence-electron chi connectivity index (χ0n) is 7.84. The molecule has 0 saturated heterocycles. The van der Waals surface area contributed by atoms with E-state index in [1.165, 1.54) is 6.07 Å². The summed E-state index contributed by atoms with van der Waals surface area (Å²) in [5.41, 5.74) is 5.74. The SMILES string of the molecule is CC(C)(CO)c1ccc(N)cc1F. The second kappa shape index (κ2) is 3.34. The lowest BCUT2D eigenvalue weighted by atomic mass is 9.85. The molecule has 0 atom stereocenters. The highest BCUT2D eigenvalue weighted by molar-refractivity contribution is 5.42. The lowest BCUT2D eigenvalue weighted by Crippen LogP contribution is -2.23. The van der Waals surface area contributed by atoms with Gasteiger partial charge >= 0.3 is 0 Å². The molecule has 0 aliphatic rings. The van der Waals surface area contributed by atoms with Crippen molar-refractivity contribution in [3.63, 3.8) is 0 Å². The Morgan fingerprint density at radius 1 is 1.46 bits per heavy atom. The number of hydrogen-bond donors (Lipinski definition) is 2. The maximum atomic E-state index is 13.3. The average Bonchev–Trinajstić information content (AvgIpc) is 2.03. The lowest BCUT2D eigenvalue weighted by molar-refractivity contribution is 0.215. The molecule has 0 radical (unpaired) electrons.